The summed E-state index contributed by atoms with van der Waals surface area (Å²) < 4.78 is 4.98. The largest absolute Gasteiger partial charge is 0.467 e. The topological polar surface area (TPSA) is 95.9 Å². The molecule has 0 spiro atoms. The van der Waals surface area contributed by atoms with E-state index in [4.69, 9.17) is 4.74 Å². The average molecular weight is 554 g/mol. The van der Waals surface area contributed by atoms with E-state index < -0.39 is 12.0 Å². The molecular weight excluding hydrogens is 502 g/mol. The lowest BCUT2D eigenvalue weighted by atomic mass is 9.43. The zero-order valence-corrected chi connectivity index (χ0v) is 25.0. The number of hydrogen-bond donors (Lipinski definition) is 3. The van der Waals surface area contributed by atoms with Gasteiger partial charge in [-0.15, -0.1) is 0 Å². The molecule has 0 saturated heterocycles. The van der Waals surface area contributed by atoms with Crippen molar-refractivity contribution >= 4 is 11.9 Å². The molecule has 0 aromatic heterocycles. The summed E-state index contributed by atoms with van der Waals surface area (Å²) in [6, 6.07) is 9.03. The molecule has 4 aliphatic rings. The Morgan fingerprint density at radius 2 is 1.70 bits per heavy atom. The molecule has 6 heteroatoms. The highest BCUT2D eigenvalue weighted by molar-refractivity contribution is 5.84. The summed E-state index contributed by atoms with van der Waals surface area (Å²) in [4.78, 5) is 25.4. The smallest absolute Gasteiger partial charge is 0.328 e. The zero-order valence-electron chi connectivity index (χ0n) is 25.0. The molecule has 1 aromatic rings. The van der Waals surface area contributed by atoms with Gasteiger partial charge in [0.05, 0.1) is 19.3 Å². The normalized spacial score (nSPS) is 40.2. The highest BCUT2D eigenvalue weighted by Crippen LogP contribution is 2.68. The van der Waals surface area contributed by atoms with E-state index in [1.54, 1.807) is 0 Å². The van der Waals surface area contributed by atoms with Gasteiger partial charge in [0.2, 0.25) is 5.91 Å². The third kappa shape index (κ3) is 5.47. The molecule has 4 aliphatic carbocycles. The van der Waals surface area contributed by atoms with Gasteiger partial charge < -0.3 is 20.3 Å². The Bertz CT molecular complexity index is 1050. The van der Waals surface area contributed by atoms with Gasteiger partial charge in [0.1, 0.15) is 6.04 Å². The molecule has 40 heavy (non-hydrogen) atoms. The van der Waals surface area contributed by atoms with Crippen molar-refractivity contribution in [2.75, 3.05) is 7.11 Å². The number of ether oxygens (including phenoxy) is 1. The number of nitrogens with one attached hydrogen (secondary N) is 1. The van der Waals surface area contributed by atoms with E-state index in [0.717, 1.165) is 44.1 Å². The maximum Gasteiger partial charge on any atom is 0.328 e. The average Bonchev–Trinajstić information content (AvgIpc) is 3.29. The molecule has 0 aliphatic heterocycles. The molecule has 11 atom stereocenters. The summed E-state index contributed by atoms with van der Waals surface area (Å²) in [5, 5.41) is 24.8. The van der Waals surface area contributed by atoms with Crippen LogP contribution in [0, 0.1) is 46.3 Å². The third-order valence-electron chi connectivity index (χ3n) is 12.3. The van der Waals surface area contributed by atoms with Crippen LogP contribution in [0.1, 0.15) is 90.5 Å². The van der Waals surface area contributed by atoms with Crippen LogP contribution < -0.4 is 5.32 Å². The maximum atomic E-state index is 13.0. The van der Waals surface area contributed by atoms with Crippen LogP contribution in [0.5, 0.6) is 0 Å². The number of fused-ring (bicyclic) bond motifs is 5. The van der Waals surface area contributed by atoms with Gasteiger partial charge in [-0.25, -0.2) is 4.79 Å². The zero-order chi connectivity index (χ0) is 28.7. The fraction of sp³-hybridized carbons (Fsp3) is 0.765. The van der Waals surface area contributed by atoms with E-state index in [9.17, 15) is 19.8 Å². The first-order valence-electron chi connectivity index (χ1n) is 15.8. The van der Waals surface area contributed by atoms with Crippen LogP contribution in [0.15, 0.2) is 30.3 Å². The minimum Gasteiger partial charge on any atom is -0.467 e. The van der Waals surface area contributed by atoms with Crippen LogP contribution in [-0.4, -0.2) is 47.4 Å². The molecular formula is C34H51NO5. The minimum absolute atomic E-state index is 0.0947. The van der Waals surface area contributed by atoms with Gasteiger partial charge in [-0.2, -0.15) is 0 Å². The van der Waals surface area contributed by atoms with Crippen molar-refractivity contribution in [3.05, 3.63) is 35.9 Å². The Morgan fingerprint density at radius 1 is 1.00 bits per heavy atom. The van der Waals surface area contributed by atoms with Gasteiger partial charge in [-0.1, -0.05) is 51.1 Å². The second kappa shape index (κ2) is 11.8. The Hall–Kier alpha value is -1.92. The lowest BCUT2D eigenvalue weighted by Crippen LogP contribution is -2.58. The van der Waals surface area contributed by atoms with E-state index in [2.05, 4.69) is 26.1 Å². The molecule has 222 valence electrons. The van der Waals surface area contributed by atoms with E-state index >= 15 is 0 Å². The molecule has 6 nitrogen and oxygen atoms in total. The van der Waals surface area contributed by atoms with Crippen molar-refractivity contribution in [1.29, 1.82) is 0 Å². The van der Waals surface area contributed by atoms with Gasteiger partial charge in [-0.05, 0) is 110 Å². The summed E-state index contributed by atoms with van der Waals surface area (Å²) in [6.07, 6.45) is 9.52. The van der Waals surface area contributed by atoms with Gasteiger partial charge in [0.15, 0.2) is 0 Å². The first kappa shape index (κ1) is 29.6. The van der Waals surface area contributed by atoms with Crippen LogP contribution >= 0.6 is 0 Å². The summed E-state index contributed by atoms with van der Waals surface area (Å²) in [5.41, 5.74) is 1.42. The van der Waals surface area contributed by atoms with Crippen molar-refractivity contribution in [1.82, 2.24) is 5.32 Å². The second-order valence-electron chi connectivity index (χ2n) is 14.3. The van der Waals surface area contributed by atoms with Crippen LogP contribution in [0.25, 0.3) is 0 Å². The van der Waals surface area contributed by atoms with E-state index in [1.807, 2.05) is 30.3 Å². The Labute approximate surface area is 240 Å². The first-order valence-corrected chi connectivity index (χ1v) is 15.8. The number of carbonyl (C=O) groups is 2. The number of aliphatic hydroxyl groups excluding tert-OH is 2. The van der Waals surface area contributed by atoms with Crippen molar-refractivity contribution < 1.29 is 24.5 Å². The van der Waals surface area contributed by atoms with Crippen LogP contribution in [-0.2, 0) is 20.7 Å². The molecule has 5 rings (SSSR count). The van der Waals surface area contributed by atoms with Crippen molar-refractivity contribution in [3.8, 4) is 0 Å². The van der Waals surface area contributed by atoms with Gasteiger partial charge >= 0.3 is 5.97 Å². The van der Waals surface area contributed by atoms with Crippen LogP contribution in [0.4, 0.5) is 0 Å². The quantitative estimate of drug-likeness (QED) is 0.380. The standard InChI is InChI=1S/C34H51NO5/c1-21(10-13-30(38)35-28(32(39)40-4)18-22-8-6-5-7-9-22)25-11-12-26-31-27(15-17-34(25,26)3)33(2)16-14-24(36)19-23(33)20-29(31)37/h5-9,21,23-29,31,36-37H,10-20H2,1-4H3,(H,35,38)/t21-,23+,24-,25-,26+,27+,28+,29+,31+,33+,34-/m1/s1. The Kier molecular flexibility index (Phi) is 8.69. The Balaban J connectivity index is 1.20. The fourth-order valence-corrected chi connectivity index (χ4v) is 10.2. The summed E-state index contributed by atoms with van der Waals surface area (Å²) >= 11 is 0. The number of rotatable bonds is 8. The first-order chi connectivity index (χ1) is 19.1. The van der Waals surface area contributed by atoms with E-state index in [-0.39, 0.29) is 28.9 Å². The fourth-order valence-electron chi connectivity index (χ4n) is 10.2. The second-order valence-corrected chi connectivity index (χ2v) is 14.3. The third-order valence-corrected chi connectivity index (χ3v) is 12.3. The molecule has 4 fully saturated rings. The van der Waals surface area contributed by atoms with E-state index in [1.165, 1.54) is 26.4 Å². The molecule has 0 unspecified atom stereocenters. The predicted molar refractivity (Wildman–Crippen MR) is 155 cm³/mol. The molecule has 1 aromatic carbocycles. The highest BCUT2D eigenvalue weighted by Gasteiger charge is 2.62. The monoisotopic (exact) mass is 553 g/mol. The molecule has 0 radical (unpaired) electrons. The van der Waals surface area contributed by atoms with Crippen molar-refractivity contribution in [2.45, 2.75) is 110 Å². The van der Waals surface area contributed by atoms with Crippen molar-refractivity contribution in [3.63, 3.8) is 0 Å². The molecule has 0 heterocycles. The van der Waals surface area contributed by atoms with Crippen LogP contribution in [0.2, 0.25) is 0 Å². The Morgan fingerprint density at radius 3 is 2.42 bits per heavy atom. The molecule has 4 saturated carbocycles. The highest BCUT2D eigenvalue weighted by atomic mass is 16.5. The number of carbonyl (C=O) groups excluding carboxylic acids is 2. The molecule has 0 bridgehead atoms. The number of esters is 1. The number of aliphatic hydroxyl groups is 2. The van der Waals surface area contributed by atoms with Crippen LogP contribution in [0.3, 0.4) is 0 Å². The summed E-state index contributed by atoms with van der Waals surface area (Å²) in [5.74, 6) is 2.30. The number of amides is 1. The van der Waals surface area contributed by atoms with Gasteiger partial charge in [0, 0.05) is 12.8 Å². The number of methoxy groups -OCH3 is 1. The van der Waals surface area contributed by atoms with Gasteiger partial charge in [-0.3, -0.25) is 4.79 Å². The summed E-state index contributed by atoms with van der Waals surface area (Å²) in [6.45, 7) is 7.24. The lowest BCUT2D eigenvalue weighted by molar-refractivity contribution is -0.174. The lowest BCUT2D eigenvalue weighted by Gasteiger charge is -2.62. The predicted octanol–water partition coefficient (Wildman–Crippen LogP) is 5.29. The molecule has 3 N–H and O–H groups in total. The number of hydrogen-bond acceptors (Lipinski definition) is 5. The van der Waals surface area contributed by atoms with Gasteiger partial charge in [0.25, 0.3) is 0 Å². The summed E-state index contributed by atoms with van der Waals surface area (Å²) in [7, 11) is 1.36. The SMILES string of the molecule is COC(=O)[C@H](Cc1ccccc1)NC(=O)CC[C@@H](C)[C@H]1CC[C@H]2[C@@H]3[C@@H](O)C[C@@H]4C[C@H](O)CC[C@]4(C)[C@H]3CC[C@]12C. The number of benzene rings is 1. The van der Waals surface area contributed by atoms with Crippen molar-refractivity contribution in [2.24, 2.45) is 46.3 Å². The minimum atomic E-state index is -0.683. The van der Waals surface area contributed by atoms with E-state index in [0.29, 0.717) is 48.3 Å². The molecule has 1 amide bonds. The maximum absolute atomic E-state index is 13.0.